The van der Waals surface area contributed by atoms with Crippen molar-refractivity contribution in [1.29, 1.82) is 0 Å². The second kappa shape index (κ2) is 8.94. The van der Waals surface area contributed by atoms with Gasteiger partial charge in [0.2, 0.25) is 17.6 Å². The maximum Gasteiger partial charge on any atom is 0.408 e. The van der Waals surface area contributed by atoms with Crippen LogP contribution in [0.5, 0.6) is 0 Å². The van der Waals surface area contributed by atoms with Crippen molar-refractivity contribution in [2.45, 2.75) is 58.6 Å². The molecule has 1 saturated heterocycles. The van der Waals surface area contributed by atoms with Gasteiger partial charge in [0.05, 0.1) is 0 Å². The minimum absolute atomic E-state index is 0.106. The van der Waals surface area contributed by atoms with E-state index in [1.807, 2.05) is 16.8 Å². The van der Waals surface area contributed by atoms with Gasteiger partial charge in [-0.1, -0.05) is 5.16 Å². The molecular weight excluding hydrogens is 392 g/mol. The summed E-state index contributed by atoms with van der Waals surface area (Å²) in [6.07, 6.45) is 1.95. The van der Waals surface area contributed by atoms with Gasteiger partial charge < -0.3 is 19.5 Å². The summed E-state index contributed by atoms with van der Waals surface area (Å²) in [5.74, 6) is 1.33. The quantitative estimate of drug-likeness (QED) is 0.795. The molecule has 2 amide bonds. The molecule has 0 saturated carbocycles. The topological polar surface area (TPSA) is 97.6 Å². The minimum Gasteiger partial charge on any atom is -0.444 e. The molecule has 1 aliphatic heterocycles. The maximum absolute atomic E-state index is 12.8. The molecule has 3 heterocycles. The minimum atomic E-state index is -0.641. The van der Waals surface area contributed by atoms with Crippen LogP contribution in [0, 0.1) is 5.92 Å². The smallest absolute Gasteiger partial charge is 0.408 e. The summed E-state index contributed by atoms with van der Waals surface area (Å²) in [6, 6.07) is 1.32. The van der Waals surface area contributed by atoms with E-state index in [1.165, 1.54) is 0 Å². The number of nitrogens with one attached hydrogen (secondary N) is 1. The molecule has 158 valence electrons. The highest BCUT2D eigenvalue weighted by molar-refractivity contribution is 7.08. The Morgan fingerprint density at radius 1 is 1.45 bits per heavy atom. The number of nitrogens with zero attached hydrogens (tertiary/aromatic N) is 3. The third-order valence-electron chi connectivity index (χ3n) is 4.65. The first-order chi connectivity index (χ1) is 13.7. The molecule has 0 bridgehead atoms. The molecule has 9 heteroatoms. The third-order valence-corrected chi connectivity index (χ3v) is 5.33. The van der Waals surface area contributed by atoms with Gasteiger partial charge in [-0.3, -0.25) is 4.79 Å². The third kappa shape index (κ3) is 6.03. The molecule has 0 spiro atoms. The van der Waals surface area contributed by atoms with Crippen LogP contribution in [0.2, 0.25) is 0 Å². The van der Waals surface area contributed by atoms with Gasteiger partial charge in [0.15, 0.2) is 0 Å². The molecule has 0 aliphatic carbocycles. The number of thiophene rings is 1. The first kappa shape index (κ1) is 21.3. The summed E-state index contributed by atoms with van der Waals surface area (Å²) >= 11 is 1.59. The molecule has 29 heavy (non-hydrogen) atoms. The Morgan fingerprint density at radius 3 is 2.93 bits per heavy atom. The molecule has 1 fully saturated rings. The van der Waals surface area contributed by atoms with Crippen LogP contribution in [0.3, 0.4) is 0 Å². The van der Waals surface area contributed by atoms with Gasteiger partial charge in [-0.15, -0.1) is 0 Å². The number of hydrogen-bond donors (Lipinski definition) is 1. The van der Waals surface area contributed by atoms with Crippen molar-refractivity contribution < 1.29 is 18.8 Å². The second-order valence-corrected chi connectivity index (χ2v) is 9.17. The van der Waals surface area contributed by atoms with Crippen LogP contribution in [-0.4, -0.2) is 51.8 Å². The van der Waals surface area contributed by atoms with Gasteiger partial charge >= 0.3 is 6.09 Å². The fourth-order valence-electron chi connectivity index (χ4n) is 3.35. The van der Waals surface area contributed by atoms with E-state index in [9.17, 15) is 9.59 Å². The number of rotatable bonds is 5. The number of carbonyl (C=O) groups is 2. The van der Waals surface area contributed by atoms with Gasteiger partial charge in [-0.25, -0.2) is 4.79 Å². The van der Waals surface area contributed by atoms with Gasteiger partial charge in [0.25, 0.3) is 0 Å². The van der Waals surface area contributed by atoms with E-state index in [1.54, 1.807) is 43.9 Å². The van der Waals surface area contributed by atoms with Crippen molar-refractivity contribution in [2.75, 3.05) is 13.1 Å². The molecule has 0 radical (unpaired) electrons. The van der Waals surface area contributed by atoms with Crippen LogP contribution in [0.15, 0.2) is 21.3 Å². The molecule has 1 N–H and O–H groups in total. The van der Waals surface area contributed by atoms with Gasteiger partial charge in [-0.2, -0.15) is 16.3 Å². The van der Waals surface area contributed by atoms with Crippen molar-refractivity contribution >= 4 is 23.3 Å². The highest BCUT2D eigenvalue weighted by atomic mass is 32.1. The molecule has 3 rings (SSSR count). The normalized spacial score (nSPS) is 18.3. The maximum atomic E-state index is 12.8. The van der Waals surface area contributed by atoms with Crippen LogP contribution in [0.4, 0.5) is 4.79 Å². The average molecular weight is 421 g/mol. The lowest BCUT2D eigenvalue weighted by Crippen LogP contribution is -2.51. The molecular formula is C20H28N4O4S. The number of ether oxygens (including phenoxy) is 1. The Kier molecular flexibility index (Phi) is 6.56. The van der Waals surface area contributed by atoms with E-state index in [0.717, 1.165) is 18.4 Å². The summed E-state index contributed by atoms with van der Waals surface area (Å²) in [4.78, 5) is 31.0. The zero-order valence-corrected chi connectivity index (χ0v) is 18.1. The monoisotopic (exact) mass is 420 g/mol. The summed E-state index contributed by atoms with van der Waals surface area (Å²) in [5.41, 5.74) is 0.349. The number of amides is 2. The number of carbonyl (C=O) groups excluding carboxylic acids is 2. The Bertz CT molecular complexity index is 828. The van der Waals surface area contributed by atoms with E-state index in [4.69, 9.17) is 9.26 Å². The van der Waals surface area contributed by atoms with E-state index in [0.29, 0.717) is 31.2 Å². The van der Waals surface area contributed by atoms with E-state index in [-0.39, 0.29) is 11.8 Å². The zero-order valence-electron chi connectivity index (χ0n) is 17.3. The van der Waals surface area contributed by atoms with Gasteiger partial charge in [0.1, 0.15) is 11.6 Å². The van der Waals surface area contributed by atoms with Gasteiger partial charge in [0, 0.05) is 30.5 Å². The lowest BCUT2D eigenvalue weighted by atomic mass is 9.94. The van der Waals surface area contributed by atoms with Crippen molar-refractivity contribution in [3.8, 4) is 11.4 Å². The number of aromatic nitrogens is 2. The van der Waals surface area contributed by atoms with Crippen molar-refractivity contribution in [2.24, 2.45) is 5.92 Å². The van der Waals surface area contributed by atoms with Crippen molar-refractivity contribution in [3.63, 3.8) is 0 Å². The summed E-state index contributed by atoms with van der Waals surface area (Å²) in [6.45, 7) is 8.33. The molecule has 2 aromatic rings. The lowest BCUT2D eigenvalue weighted by molar-refractivity contribution is -0.134. The zero-order chi connectivity index (χ0) is 21.0. The Hall–Kier alpha value is -2.42. The summed E-state index contributed by atoms with van der Waals surface area (Å²) < 4.78 is 10.6. The van der Waals surface area contributed by atoms with Crippen molar-refractivity contribution in [1.82, 2.24) is 20.4 Å². The number of likely N-dealkylation sites (tertiary alicyclic amines) is 1. The highest BCUT2D eigenvalue weighted by Crippen LogP contribution is 2.23. The number of hydrogen-bond acceptors (Lipinski definition) is 7. The first-order valence-corrected chi connectivity index (χ1v) is 10.8. The van der Waals surface area contributed by atoms with Crippen LogP contribution in [-0.2, 0) is 16.0 Å². The van der Waals surface area contributed by atoms with Crippen LogP contribution in [0.1, 0.15) is 46.4 Å². The van der Waals surface area contributed by atoms with Gasteiger partial charge in [-0.05, 0) is 57.9 Å². The molecule has 2 atom stereocenters. The molecule has 0 aromatic carbocycles. The predicted octanol–water partition coefficient (Wildman–Crippen LogP) is 3.49. The van der Waals surface area contributed by atoms with E-state index < -0.39 is 17.7 Å². The summed E-state index contributed by atoms with van der Waals surface area (Å²) in [7, 11) is 0. The van der Waals surface area contributed by atoms with E-state index in [2.05, 4.69) is 15.5 Å². The Balaban J connectivity index is 1.53. The van der Waals surface area contributed by atoms with E-state index >= 15 is 0 Å². The van der Waals surface area contributed by atoms with Crippen molar-refractivity contribution in [3.05, 3.63) is 22.7 Å². The fourth-order valence-corrected chi connectivity index (χ4v) is 3.98. The SMILES string of the molecule is C[C@@H](NC(=O)OC(C)(C)C)C(=O)N1CCC[C@H](Cc2nc(-c3ccsc3)no2)C1. The Labute approximate surface area is 174 Å². The Morgan fingerprint density at radius 2 is 2.24 bits per heavy atom. The lowest BCUT2D eigenvalue weighted by Gasteiger charge is -2.34. The molecule has 2 aromatic heterocycles. The molecule has 1 aliphatic rings. The predicted molar refractivity (Wildman–Crippen MR) is 109 cm³/mol. The molecule has 8 nitrogen and oxygen atoms in total. The summed E-state index contributed by atoms with van der Waals surface area (Å²) in [5, 5.41) is 10.6. The number of alkyl carbamates (subject to hydrolysis) is 1. The van der Waals surface area contributed by atoms with Crippen LogP contribution >= 0.6 is 11.3 Å². The largest absolute Gasteiger partial charge is 0.444 e. The fraction of sp³-hybridized carbons (Fsp3) is 0.600. The second-order valence-electron chi connectivity index (χ2n) is 8.39. The highest BCUT2D eigenvalue weighted by Gasteiger charge is 2.29. The number of piperidine rings is 1. The standard InChI is InChI=1S/C20H28N4O4S/c1-13(21-19(26)27-20(2,3)4)18(25)24-8-5-6-14(11-24)10-16-22-17(23-28-16)15-7-9-29-12-15/h7,9,12-14H,5-6,8,10-11H2,1-4H3,(H,21,26)/t13-,14-/m1/s1. The first-order valence-electron chi connectivity index (χ1n) is 9.85. The average Bonchev–Trinajstić information content (AvgIpc) is 3.31. The van der Waals surface area contributed by atoms with Crippen LogP contribution < -0.4 is 5.32 Å². The van der Waals surface area contributed by atoms with Crippen LogP contribution in [0.25, 0.3) is 11.4 Å². The molecule has 0 unspecified atom stereocenters.